The van der Waals surface area contributed by atoms with E-state index in [0.29, 0.717) is 11.4 Å². The molecule has 9 nitrogen and oxygen atoms in total. The fourth-order valence-electron chi connectivity index (χ4n) is 4.42. The molecule has 39 heavy (non-hydrogen) atoms. The molecule has 0 unspecified atom stereocenters. The van der Waals surface area contributed by atoms with Crippen molar-refractivity contribution in [3.63, 3.8) is 0 Å². The number of nitrogens with one attached hydrogen (secondary N) is 1. The van der Waals surface area contributed by atoms with Crippen LogP contribution < -0.4 is 19.1 Å². The second kappa shape index (κ2) is 11.6. The Kier molecular flexibility index (Phi) is 8.25. The van der Waals surface area contributed by atoms with Crippen LogP contribution in [0.2, 0.25) is 0 Å². The summed E-state index contributed by atoms with van der Waals surface area (Å²) in [5.41, 5.74) is 3.90. The smallest absolute Gasteiger partial charge is 0.264 e. The number of ether oxygens (including phenoxy) is 2. The minimum Gasteiger partial charge on any atom is -0.493 e. The third kappa shape index (κ3) is 6.06. The van der Waals surface area contributed by atoms with E-state index in [1.54, 1.807) is 18.3 Å². The van der Waals surface area contributed by atoms with Gasteiger partial charge in [-0.05, 0) is 67.8 Å². The molecule has 4 aromatic rings. The summed E-state index contributed by atoms with van der Waals surface area (Å²) in [5, 5.41) is 2.89. The number of anilines is 1. The molecule has 0 spiro atoms. The van der Waals surface area contributed by atoms with Gasteiger partial charge in [-0.25, -0.2) is 13.4 Å². The van der Waals surface area contributed by atoms with Gasteiger partial charge in [0.15, 0.2) is 11.5 Å². The van der Waals surface area contributed by atoms with Crippen molar-refractivity contribution in [3.8, 4) is 17.2 Å². The molecule has 0 aliphatic heterocycles. The van der Waals surface area contributed by atoms with Crippen LogP contribution >= 0.6 is 0 Å². The highest BCUT2D eigenvalue weighted by molar-refractivity contribution is 7.92. The van der Waals surface area contributed by atoms with E-state index in [4.69, 9.17) is 9.47 Å². The number of rotatable bonds is 10. The number of carbonyl (C=O) groups excluding carboxylic acids is 1. The normalized spacial score (nSPS) is 11.2. The number of sulfonamides is 1. The lowest BCUT2D eigenvalue weighted by atomic mass is 10.1. The van der Waals surface area contributed by atoms with E-state index in [1.807, 2.05) is 61.9 Å². The Morgan fingerprint density at radius 1 is 0.949 bits per heavy atom. The molecule has 4 rings (SSSR count). The van der Waals surface area contributed by atoms with Gasteiger partial charge in [-0.1, -0.05) is 24.3 Å². The minimum atomic E-state index is -4.15. The first-order chi connectivity index (χ1) is 18.6. The zero-order chi connectivity index (χ0) is 28.2. The van der Waals surface area contributed by atoms with Crippen LogP contribution in [0.3, 0.4) is 0 Å². The molecule has 0 bridgehead atoms. The average Bonchev–Trinajstić information content (AvgIpc) is 3.35. The molecule has 204 valence electrons. The molecule has 0 saturated carbocycles. The number of hydrogen-bond donors (Lipinski definition) is 1. The molecule has 0 radical (unpaired) electrons. The van der Waals surface area contributed by atoms with E-state index >= 15 is 0 Å². The van der Waals surface area contributed by atoms with Crippen LogP contribution in [0.15, 0.2) is 78.0 Å². The topological polar surface area (TPSA) is 103 Å². The van der Waals surface area contributed by atoms with Crippen molar-refractivity contribution in [2.75, 3.05) is 25.1 Å². The van der Waals surface area contributed by atoms with Crippen LogP contribution in [0.1, 0.15) is 22.5 Å². The lowest BCUT2D eigenvalue weighted by molar-refractivity contribution is -0.119. The summed E-state index contributed by atoms with van der Waals surface area (Å²) in [5.74, 6) is 1.04. The average molecular weight is 549 g/mol. The molecule has 10 heteroatoms. The number of methoxy groups -OCH3 is 2. The maximum atomic E-state index is 13.9. The largest absolute Gasteiger partial charge is 0.493 e. The lowest BCUT2D eigenvalue weighted by Crippen LogP contribution is -2.40. The molecule has 3 aromatic carbocycles. The van der Waals surface area contributed by atoms with Gasteiger partial charge in [-0.15, -0.1) is 0 Å². The van der Waals surface area contributed by atoms with Crippen molar-refractivity contribution >= 4 is 21.6 Å². The summed E-state index contributed by atoms with van der Waals surface area (Å²) in [6.07, 6.45) is 3.57. The Bertz CT molecular complexity index is 1580. The maximum Gasteiger partial charge on any atom is 0.264 e. The Morgan fingerprint density at radius 3 is 2.28 bits per heavy atom. The molecular formula is C29H32N4O5S. The molecule has 0 fully saturated rings. The van der Waals surface area contributed by atoms with Gasteiger partial charge in [-0.3, -0.25) is 9.10 Å². The van der Waals surface area contributed by atoms with Gasteiger partial charge in [0.25, 0.3) is 10.0 Å². The molecule has 0 aliphatic rings. The third-order valence-corrected chi connectivity index (χ3v) is 8.05. The van der Waals surface area contributed by atoms with Crippen LogP contribution in [0.4, 0.5) is 5.69 Å². The van der Waals surface area contributed by atoms with Crippen LogP contribution in [-0.4, -0.2) is 44.6 Å². The van der Waals surface area contributed by atoms with E-state index in [1.165, 1.54) is 32.4 Å². The Balaban J connectivity index is 1.65. The summed E-state index contributed by atoms with van der Waals surface area (Å²) < 4.78 is 41.5. The van der Waals surface area contributed by atoms with Crippen molar-refractivity contribution in [3.05, 3.63) is 95.6 Å². The van der Waals surface area contributed by atoms with E-state index in [-0.39, 0.29) is 17.2 Å². The summed E-state index contributed by atoms with van der Waals surface area (Å²) in [4.78, 5) is 17.5. The van der Waals surface area contributed by atoms with Gasteiger partial charge < -0.3 is 19.4 Å². The van der Waals surface area contributed by atoms with Gasteiger partial charge in [0, 0.05) is 25.0 Å². The Morgan fingerprint density at radius 2 is 1.64 bits per heavy atom. The fraction of sp³-hybridized carbons (Fsp3) is 0.241. The van der Waals surface area contributed by atoms with E-state index in [9.17, 15) is 13.2 Å². The molecule has 1 N–H and O–H groups in total. The minimum absolute atomic E-state index is 0.0203. The van der Waals surface area contributed by atoms with Crippen molar-refractivity contribution in [1.29, 1.82) is 0 Å². The van der Waals surface area contributed by atoms with Crippen LogP contribution in [0.25, 0.3) is 5.69 Å². The number of amides is 1. The van der Waals surface area contributed by atoms with Crippen LogP contribution in [0.5, 0.6) is 11.5 Å². The first kappa shape index (κ1) is 27.7. The SMILES string of the molecule is COc1ccc(S(=O)(=O)N(CC(=O)NCc2ccccc2-n2ccnc2C)c2cc(C)cc(C)c2)cc1OC. The number of benzene rings is 3. The van der Waals surface area contributed by atoms with Crippen molar-refractivity contribution in [1.82, 2.24) is 14.9 Å². The third-order valence-electron chi connectivity index (χ3n) is 6.28. The van der Waals surface area contributed by atoms with Gasteiger partial charge in [0.2, 0.25) is 5.91 Å². The van der Waals surface area contributed by atoms with Crippen molar-refractivity contribution < 1.29 is 22.7 Å². The number of imidazole rings is 1. The highest BCUT2D eigenvalue weighted by atomic mass is 32.2. The van der Waals surface area contributed by atoms with Gasteiger partial charge in [0.1, 0.15) is 12.4 Å². The van der Waals surface area contributed by atoms with E-state index in [0.717, 1.165) is 32.5 Å². The zero-order valence-electron chi connectivity index (χ0n) is 22.6. The molecule has 0 atom stereocenters. The second-order valence-corrected chi connectivity index (χ2v) is 11.0. The maximum absolute atomic E-state index is 13.9. The number of para-hydroxylation sites is 1. The summed E-state index contributed by atoms with van der Waals surface area (Å²) in [7, 11) is -1.23. The molecule has 1 heterocycles. The quantitative estimate of drug-likeness (QED) is 0.317. The van der Waals surface area contributed by atoms with Crippen LogP contribution in [-0.2, 0) is 21.4 Å². The number of nitrogens with zero attached hydrogens (tertiary/aromatic N) is 3. The fourth-order valence-corrected chi connectivity index (χ4v) is 5.84. The van der Waals surface area contributed by atoms with Crippen molar-refractivity contribution in [2.24, 2.45) is 0 Å². The summed E-state index contributed by atoms with van der Waals surface area (Å²) in [6, 6.07) is 17.5. The molecule has 1 aromatic heterocycles. The number of aryl methyl sites for hydroxylation is 3. The first-order valence-corrected chi connectivity index (χ1v) is 13.8. The summed E-state index contributed by atoms with van der Waals surface area (Å²) in [6.45, 7) is 5.46. The molecule has 0 aliphatic carbocycles. The second-order valence-electron chi connectivity index (χ2n) is 9.12. The zero-order valence-corrected chi connectivity index (χ0v) is 23.5. The highest BCUT2D eigenvalue weighted by Gasteiger charge is 2.29. The van der Waals surface area contributed by atoms with E-state index < -0.39 is 22.5 Å². The predicted octanol–water partition coefficient (Wildman–Crippen LogP) is 4.33. The first-order valence-electron chi connectivity index (χ1n) is 12.3. The molecule has 1 amide bonds. The highest BCUT2D eigenvalue weighted by Crippen LogP contribution is 2.32. The monoisotopic (exact) mass is 548 g/mol. The van der Waals surface area contributed by atoms with Gasteiger partial charge in [0.05, 0.1) is 30.5 Å². The number of aromatic nitrogens is 2. The van der Waals surface area contributed by atoms with Gasteiger partial charge >= 0.3 is 0 Å². The molecular weight excluding hydrogens is 516 g/mol. The Hall–Kier alpha value is -4.31. The van der Waals surface area contributed by atoms with E-state index in [2.05, 4.69) is 10.3 Å². The number of hydrogen-bond acceptors (Lipinski definition) is 6. The van der Waals surface area contributed by atoms with Gasteiger partial charge in [-0.2, -0.15) is 0 Å². The van der Waals surface area contributed by atoms with Crippen molar-refractivity contribution in [2.45, 2.75) is 32.2 Å². The summed E-state index contributed by atoms with van der Waals surface area (Å²) >= 11 is 0. The standard InChI is InChI=1S/C29H32N4O5S/c1-20-14-21(2)16-24(15-20)33(39(35,36)25-10-11-27(37-4)28(17-25)38-5)19-29(34)31-18-23-8-6-7-9-26(23)32-13-12-30-22(32)3/h6-17H,18-19H2,1-5H3,(H,31,34). The Labute approximate surface area is 229 Å². The van der Waals surface area contributed by atoms with Crippen LogP contribution in [0, 0.1) is 20.8 Å². The predicted molar refractivity (Wildman–Crippen MR) is 150 cm³/mol. The lowest BCUT2D eigenvalue weighted by Gasteiger charge is -2.25. The number of carbonyl (C=O) groups is 1. The molecule has 0 saturated heterocycles.